The van der Waals surface area contributed by atoms with E-state index in [1.54, 1.807) is 12.1 Å². The van der Waals surface area contributed by atoms with E-state index in [2.05, 4.69) is 66.5 Å². The topological polar surface area (TPSA) is 32.3 Å². The molecular formula is C33H35ClN2O. The van der Waals surface area contributed by atoms with Gasteiger partial charge in [0.25, 0.3) is 5.91 Å². The van der Waals surface area contributed by atoms with E-state index in [-0.39, 0.29) is 11.3 Å². The molecule has 2 fully saturated rings. The molecule has 3 nitrogen and oxygen atoms in total. The second kappa shape index (κ2) is 9.78. The van der Waals surface area contributed by atoms with Crippen LogP contribution in [0.4, 0.5) is 5.69 Å². The molecular weight excluding hydrogens is 476 g/mol. The van der Waals surface area contributed by atoms with Crippen LogP contribution in [-0.2, 0) is 5.41 Å². The summed E-state index contributed by atoms with van der Waals surface area (Å²) in [4.78, 5) is 15.6. The van der Waals surface area contributed by atoms with Gasteiger partial charge in [0.15, 0.2) is 0 Å². The van der Waals surface area contributed by atoms with Crippen molar-refractivity contribution in [3.8, 4) is 0 Å². The fourth-order valence-corrected chi connectivity index (χ4v) is 7.36. The molecule has 3 aliphatic rings. The van der Waals surface area contributed by atoms with Crippen molar-refractivity contribution in [2.45, 2.75) is 56.9 Å². The van der Waals surface area contributed by atoms with Gasteiger partial charge in [-0.3, -0.25) is 4.79 Å². The van der Waals surface area contributed by atoms with Crippen LogP contribution >= 0.6 is 11.6 Å². The summed E-state index contributed by atoms with van der Waals surface area (Å²) in [6, 6.07) is 23.1. The Balaban J connectivity index is 1.10. The van der Waals surface area contributed by atoms with Crippen LogP contribution in [-0.4, -0.2) is 29.9 Å². The number of anilines is 1. The number of nitrogens with zero attached hydrogens (tertiary/aromatic N) is 1. The number of piperidine rings is 1. The molecule has 6 rings (SSSR count). The van der Waals surface area contributed by atoms with Crippen molar-refractivity contribution in [3.63, 3.8) is 0 Å². The second-order valence-corrected chi connectivity index (χ2v) is 11.7. The van der Waals surface area contributed by atoms with Gasteiger partial charge in [0.05, 0.1) is 0 Å². The Hall–Kier alpha value is -2.88. The number of halogens is 1. The highest BCUT2D eigenvalue weighted by molar-refractivity contribution is 6.31. The zero-order chi connectivity index (χ0) is 25.6. The maximum Gasteiger partial charge on any atom is 0.255 e. The van der Waals surface area contributed by atoms with Crippen LogP contribution < -0.4 is 5.32 Å². The maximum absolute atomic E-state index is 12.8. The van der Waals surface area contributed by atoms with Crippen molar-refractivity contribution in [3.05, 3.63) is 106 Å². The smallest absolute Gasteiger partial charge is 0.255 e. The third-order valence-electron chi connectivity index (χ3n) is 9.20. The number of aryl methyl sites for hydroxylation is 1. The average molecular weight is 511 g/mol. The summed E-state index contributed by atoms with van der Waals surface area (Å²) in [6.07, 6.45) is 9.73. The summed E-state index contributed by atoms with van der Waals surface area (Å²) in [5.41, 5.74) is 7.16. The van der Waals surface area contributed by atoms with Crippen LogP contribution in [0.3, 0.4) is 0 Å². The largest absolute Gasteiger partial charge is 0.322 e. The third-order valence-corrected chi connectivity index (χ3v) is 9.43. The number of allylic oxidation sites excluding steroid dienone is 1. The molecule has 1 N–H and O–H groups in total. The molecule has 3 unspecified atom stereocenters. The zero-order valence-corrected chi connectivity index (χ0v) is 22.5. The first-order valence-electron chi connectivity index (χ1n) is 13.6. The molecule has 1 saturated carbocycles. The first kappa shape index (κ1) is 24.5. The first-order chi connectivity index (χ1) is 17.9. The lowest BCUT2D eigenvalue weighted by Gasteiger charge is -2.46. The molecule has 3 aromatic rings. The molecule has 1 heterocycles. The fraction of sp³-hybridized carbons (Fsp3) is 0.364. The molecule has 1 saturated heterocycles. The lowest BCUT2D eigenvalue weighted by molar-refractivity contribution is 0.0898. The van der Waals surface area contributed by atoms with Gasteiger partial charge in [-0.25, -0.2) is 0 Å². The Morgan fingerprint density at radius 3 is 2.73 bits per heavy atom. The van der Waals surface area contributed by atoms with Crippen LogP contribution in [0, 0.1) is 12.8 Å². The van der Waals surface area contributed by atoms with E-state index in [0.29, 0.717) is 34.2 Å². The zero-order valence-electron chi connectivity index (χ0n) is 21.7. The summed E-state index contributed by atoms with van der Waals surface area (Å²) in [7, 11) is 0. The normalized spacial score (nSPS) is 26.9. The van der Waals surface area contributed by atoms with Gasteiger partial charge in [-0.15, -0.1) is 0 Å². The van der Waals surface area contributed by atoms with E-state index in [4.69, 9.17) is 11.6 Å². The molecule has 1 amide bonds. The number of amides is 1. The van der Waals surface area contributed by atoms with E-state index in [9.17, 15) is 4.79 Å². The number of hydrogen-bond acceptors (Lipinski definition) is 2. The van der Waals surface area contributed by atoms with Crippen molar-refractivity contribution in [2.24, 2.45) is 5.92 Å². The predicted octanol–water partition coefficient (Wildman–Crippen LogP) is 7.84. The van der Waals surface area contributed by atoms with Gasteiger partial charge in [-0.2, -0.15) is 0 Å². The molecule has 4 heteroatoms. The van der Waals surface area contributed by atoms with Gasteiger partial charge in [-0.1, -0.05) is 67.1 Å². The Morgan fingerprint density at radius 2 is 1.92 bits per heavy atom. The number of benzene rings is 3. The Kier molecular flexibility index (Phi) is 6.46. The van der Waals surface area contributed by atoms with Crippen LogP contribution in [0.5, 0.6) is 0 Å². The lowest BCUT2D eigenvalue weighted by Crippen LogP contribution is -2.50. The fourth-order valence-electron chi connectivity index (χ4n) is 7.17. The third kappa shape index (κ3) is 4.53. The molecule has 3 aromatic carbocycles. The van der Waals surface area contributed by atoms with Gasteiger partial charge in [0.2, 0.25) is 0 Å². The minimum absolute atomic E-state index is 0.0972. The van der Waals surface area contributed by atoms with Crippen LogP contribution in [0.25, 0.3) is 6.08 Å². The van der Waals surface area contributed by atoms with Crippen molar-refractivity contribution in [1.82, 2.24) is 4.90 Å². The molecule has 0 aromatic heterocycles. The molecule has 2 aliphatic carbocycles. The van der Waals surface area contributed by atoms with E-state index in [1.807, 2.05) is 24.3 Å². The summed E-state index contributed by atoms with van der Waals surface area (Å²) in [6.45, 7) is 6.93. The Labute approximate surface area is 225 Å². The van der Waals surface area contributed by atoms with Crippen molar-refractivity contribution >= 4 is 29.3 Å². The van der Waals surface area contributed by atoms with Crippen LogP contribution in [0.15, 0.2) is 72.8 Å². The van der Waals surface area contributed by atoms with Crippen LogP contribution in [0.2, 0.25) is 5.02 Å². The van der Waals surface area contributed by atoms with E-state index >= 15 is 0 Å². The van der Waals surface area contributed by atoms with Crippen molar-refractivity contribution in [2.75, 3.05) is 18.4 Å². The molecule has 0 radical (unpaired) electrons. The number of carbonyl (C=O) groups is 1. The highest BCUT2D eigenvalue weighted by atomic mass is 35.5. The van der Waals surface area contributed by atoms with Crippen LogP contribution in [0.1, 0.15) is 71.1 Å². The van der Waals surface area contributed by atoms with E-state index in [0.717, 1.165) is 6.54 Å². The summed E-state index contributed by atoms with van der Waals surface area (Å²) in [5, 5.41) is 3.58. The minimum atomic E-state index is -0.0972. The van der Waals surface area contributed by atoms with Crippen molar-refractivity contribution < 1.29 is 4.79 Å². The minimum Gasteiger partial charge on any atom is -0.322 e. The highest BCUT2D eigenvalue weighted by Crippen LogP contribution is 2.48. The number of hydrogen-bond donors (Lipinski definition) is 1. The molecule has 0 bridgehead atoms. The summed E-state index contributed by atoms with van der Waals surface area (Å²) in [5.74, 6) is 1.08. The van der Waals surface area contributed by atoms with E-state index < -0.39 is 0 Å². The molecule has 1 aliphatic heterocycles. The molecule has 190 valence electrons. The van der Waals surface area contributed by atoms with Gasteiger partial charge in [0.1, 0.15) is 0 Å². The highest BCUT2D eigenvalue weighted by Gasteiger charge is 2.45. The number of likely N-dealkylation sites (tertiary alicyclic amines) is 1. The van der Waals surface area contributed by atoms with Gasteiger partial charge >= 0.3 is 0 Å². The quantitative estimate of drug-likeness (QED) is 0.387. The maximum atomic E-state index is 12.8. The summed E-state index contributed by atoms with van der Waals surface area (Å²) >= 11 is 6.06. The molecule has 4 atom stereocenters. The number of nitrogens with one attached hydrogen (secondary N) is 1. The monoisotopic (exact) mass is 510 g/mol. The lowest BCUT2D eigenvalue weighted by atomic mass is 9.68. The second-order valence-electron chi connectivity index (χ2n) is 11.3. The Bertz CT molecular complexity index is 1360. The first-order valence-corrected chi connectivity index (χ1v) is 14.0. The van der Waals surface area contributed by atoms with Gasteiger partial charge < -0.3 is 10.2 Å². The average Bonchev–Trinajstić information content (AvgIpc) is 3.52. The number of rotatable bonds is 4. The van der Waals surface area contributed by atoms with Crippen molar-refractivity contribution in [1.29, 1.82) is 0 Å². The van der Waals surface area contributed by atoms with Gasteiger partial charge in [-0.05, 0) is 104 Å². The SMILES string of the molecule is Cc1cc(C(=O)Nc2cccc(Cl)c2)ccc1C1CCC(N2CCC3(C=Cc4ccccc43)[C@@H](C)C2)C1. The number of carbonyl (C=O) groups excluding carboxylic acids is 1. The Morgan fingerprint density at radius 1 is 1.05 bits per heavy atom. The standard InChI is InChI=1S/C33H35ClN2O/c1-22-18-26(32(37)35-28-8-5-7-27(34)20-28)11-13-30(22)25-10-12-29(19-25)36-17-16-33(23(2)21-36)15-14-24-6-3-4-9-31(24)33/h3-9,11,13-15,18,20,23,25,29H,10,12,16-17,19,21H2,1-2H3,(H,35,37)/t23-,25?,29?,33?/m0/s1. The number of fused-ring (bicyclic) bond motifs is 2. The molecule has 37 heavy (non-hydrogen) atoms. The van der Waals surface area contributed by atoms with Gasteiger partial charge in [0, 0.05) is 34.3 Å². The summed E-state index contributed by atoms with van der Waals surface area (Å²) < 4.78 is 0. The molecule has 1 spiro atoms. The predicted molar refractivity (Wildman–Crippen MR) is 153 cm³/mol. The van der Waals surface area contributed by atoms with E-state index in [1.165, 1.54) is 54.5 Å².